The monoisotopic (exact) mass is 513 g/mol. The predicted octanol–water partition coefficient (Wildman–Crippen LogP) is 3.43. The molecule has 0 unspecified atom stereocenters. The maximum atomic E-state index is 13.3. The van der Waals surface area contributed by atoms with E-state index in [0.29, 0.717) is 34.5 Å². The first-order valence-corrected chi connectivity index (χ1v) is 12.5. The highest BCUT2D eigenvalue weighted by Crippen LogP contribution is 2.49. The van der Waals surface area contributed by atoms with Crippen molar-refractivity contribution in [2.45, 2.75) is 70.5 Å². The largest absolute Gasteiger partial charge is 0.496 e. The molecule has 10 heteroatoms. The van der Waals surface area contributed by atoms with Crippen molar-refractivity contribution in [3.05, 3.63) is 28.9 Å². The van der Waals surface area contributed by atoms with Gasteiger partial charge in [-0.05, 0) is 69.6 Å². The van der Waals surface area contributed by atoms with Crippen molar-refractivity contribution in [1.29, 1.82) is 5.26 Å². The van der Waals surface area contributed by atoms with E-state index >= 15 is 0 Å². The van der Waals surface area contributed by atoms with Crippen LogP contribution >= 0.6 is 11.6 Å². The number of methoxy groups -OCH3 is 1. The zero-order valence-electron chi connectivity index (χ0n) is 21.0. The lowest BCUT2D eigenvalue weighted by Gasteiger charge is -2.23. The van der Waals surface area contributed by atoms with Crippen LogP contribution in [0.4, 0.5) is 0 Å². The normalized spacial score (nSPS) is 21.2. The Labute approximate surface area is 215 Å². The minimum absolute atomic E-state index is 0.0377. The number of carbonyl (C=O) groups excluding carboxylic acids is 3. The topological polar surface area (TPSA) is 136 Å². The number of ether oxygens (including phenoxy) is 1. The quantitative estimate of drug-likeness (QED) is 0.407. The first-order chi connectivity index (χ1) is 16.9. The zero-order valence-corrected chi connectivity index (χ0v) is 21.7. The van der Waals surface area contributed by atoms with Crippen LogP contribution in [-0.2, 0) is 9.59 Å². The number of hydrogen-bond donors (Lipinski definition) is 4. The minimum atomic E-state index is -0.840. The molecular weight excluding hydrogens is 482 g/mol. The summed E-state index contributed by atoms with van der Waals surface area (Å²) in [7, 11) is 1.52. The Balaban J connectivity index is 1.48. The number of aromatic amines is 1. The summed E-state index contributed by atoms with van der Waals surface area (Å²) in [6, 6.07) is 5.46. The fourth-order valence-corrected chi connectivity index (χ4v) is 5.11. The van der Waals surface area contributed by atoms with E-state index in [9.17, 15) is 19.6 Å². The Hall–Kier alpha value is -3.25. The summed E-state index contributed by atoms with van der Waals surface area (Å²) in [4.78, 5) is 41.7. The fraction of sp³-hybridized carbons (Fsp3) is 0.538. The molecule has 2 aromatic rings. The van der Waals surface area contributed by atoms with Gasteiger partial charge >= 0.3 is 0 Å². The Morgan fingerprint density at radius 3 is 2.56 bits per heavy atom. The van der Waals surface area contributed by atoms with Crippen molar-refractivity contribution in [3.63, 3.8) is 0 Å². The predicted molar refractivity (Wildman–Crippen MR) is 136 cm³/mol. The smallest absolute Gasteiger partial charge is 0.268 e. The highest BCUT2D eigenvalue weighted by Gasteiger charge is 2.43. The lowest BCUT2D eigenvalue weighted by atomic mass is 9.91. The first-order valence-electron chi connectivity index (χ1n) is 12.1. The van der Waals surface area contributed by atoms with Crippen molar-refractivity contribution in [1.82, 2.24) is 20.9 Å². The second kappa shape index (κ2) is 9.66. The fourth-order valence-electron chi connectivity index (χ4n) is 4.90. The lowest BCUT2D eigenvalue weighted by Crippen LogP contribution is -2.50. The molecule has 2 aliphatic rings. The molecule has 0 spiro atoms. The van der Waals surface area contributed by atoms with E-state index in [1.54, 1.807) is 18.2 Å². The van der Waals surface area contributed by atoms with E-state index < -0.39 is 23.9 Å². The summed E-state index contributed by atoms with van der Waals surface area (Å²) >= 11 is 6.14. The van der Waals surface area contributed by atoms with E-state index in [0.717, 1.165) is 12.8 Å². The molecule has 9 nitrogen and oxygen atoms in total. The Morgan fingerprint density at radius 1 is 1.25 bits per heavy atom. The molecule has 2 heterocycles. The number of H-pyrrole nitrogens is 1. The van der Waals surface area contributed by atoms with Crippen LogP contribution in [0.1, 0.15) is 63.4 Å². The number of hydrogen-bond acceptors (Lipinski definition) is 5. The van der Waals surface area contributed by atoms with E-state index in [4.69, 9.17) is 16.3 Å². The van der Waals surface area contributed by atoms with Gasteiger partial charge in [-0.1, -0.05) is 18.5 Å². The number of aromatic nitrogens is 1. The molecule has 4 rings (SSSR count). The molecule has 3 atom stereocenters. The van der Waals surface area contributed by atoms with Crippen molar-refractivity contribution < 1.29 is 19.1 Å². The molecular formula is C26H32ClN5O4. The second-order valence-corrected chi connectivity index (χ2v) is 11.4. The molecule has 1 saturated carbocycles. The van der Waals surface area contributed by atoms with Crippen molar-refractivity contribution in [2.24, 2.45) is 11.3 Å². The van der Waals surface area contributed by atoms with Gasteiger partial charge in [-0.2, -0.15) is 5.26 Å². The molecule has 1 aromatic carbocycles. The summed E-state index contributed by atoms with van der Waals surface area (Å²) < 4.78 is 5.37. The number of nitrogens with zero attached hydrogens (tertiary/aromatic N) is 1. The maximum absolute atomic E-state index is 13.3. The molecule has 192 valence electrons. The van der Waals surface area contributed by atoms with Crippen LogP contribution < -0.4 is 20.7 Å². The molecule has 3 amide bonds. The Morgan fingerprint density at radius 2 is 1.97 bits per heavy atom. The van der Waals surface area contributed by atoms with Gasteiger partial charge in [0.05, 0.1) is 18.7 Å². The van der Waals surface area contributed by atoms with Gasteiger partial charge in [0.1, 0.15) is 23.5 Å². The average Bonchev–Trinajstić information content (AvgIpc) is 3.26. The highest BCUT2D eigenvalue weighted by molar-refractivity contribution is 6.31. The third-order valence-electron chi connectivity index (χ3n) is 7.13. The number of nitrogens with one attached hydrogen (secondary N) is 4. The van der Waals surface area contributed by atoms with Crippen LogP contribution in [0, 0.1) is 22.7 Å². The Kier molecular flexibility index (Phi) is 6.93. The van der Waals surface area contributed by atoms with Gasteiger partial charge < -0.3 is 25.7 Å². The van der Waals surface area contributed by atoms with Crippen LogP contribution in [0.2, 0.25) is 5.02 Å². The summed E-state index contributed by atoms with van der Waals surface area (Å²) in [5.41, 5.74) is 0.534. The molecule has 1 aliphatic heterocycles. The van der Waals surface area contributed by atoms with Gasteiger partial charge in [0.2, 0.25) is 11.8 Å². The third-order valence-corrected chi connectivity index (χ3v) is 7.35. The minimum Gasteiger partial charge on any atom is -0.496 e. The SMILES string of the molecule is COc1cc(Cl)cc2[nH]c(C(=O)N[C@@H](CC3(C)CC3)C(=O)N[C@H](C#N)C[C@@H]3CC(C)(C)NC3=O)cc12. The van der Waals surface area contributed by atoms with Gasteiger partial charge in [-0.15, -0.1) is 0 Å². The summed E-state index contributed by atoms with van der Waals surface area (Å²) in [6.07, 6.45) is 3.19. The van der Waals surface area contributed by atoms with Gasteiger partial charge in [-0.25, -0.2) is 0 Å². The number of carbonyl (C=O) groups is 3. The molecule has 36 heavy (non-hydrogen) atoms. The van der Waals surface area contributed by atoms with Crippen molar-refractivity contribution in [3.8, 4) is 11.8 Å². The van der Waals surface area contributed by atoms with E-state index in [1.165, 1.54) is 7.11 Å². The molecule has 1 aliphatic carbocycles. The van der Waals surface area contributed by atoms with E-state index in [1.807, 2.05) is 13.8 Å². The average molecular weight is 514 g/mol. The third kappa shape index (κ3) is 5.76. The molecule has 4 N–H and O–H groups in total. The van der Waals surface area contributed by atoms with E-state index in [-0.39, 0.29) is 34.9 Å². The molecule has 1 aromatic heterocycles. The standard InChI is InChI=1S/C26H32ClN5O4/c1-25(2)11-14(22(33)32-25)7-16(13-28)29-24(35)20(12-26(3)5-6-26)31-23(34)19-10-17-18(30-19)8-15(27)9-21(17)36-4/h8-10,14,16,20,30H,5-7,11-12H2,1-4H3,(H,29,35)(H,31,34)(H,32,33)/t14-,16+,20+/m1/s1. The number of benzene rings is 1. The van der Waals surface area contributed by atoms with Crippen LogP contribution in [0.3, 0.4) is 0 Å². The summed E-state index contributed by atoms with van der Waals surface area (Å²) in [5.74, 6) is -0.813. The number of rotatable bonds is 9. The highest BCUT2D eigenvalue weighted by atomic mass is 35.5. The number of nitriles is 1. The lowest BCUT2D eigenvalue weighted by molar-refractivity contribution is -0.125. The molecule has 2 fully saturated rings. The summed E-state index contributed by atoms with van der Waals surface area (Å²) in [5, 5.41) is 19.4. The first kappa shape index (κ1) is 25.8. The van der Waals surface area contributed by atoms with E-state index in [2.05, 4.69) is 33.9 Å². The van der Waals surface area contributed by atoms with Gasteiger partial charge in [-0.3, -0.25) is 14.4 Å². The number of halogens is 1. The zero-order chi connectivity index (χ0) is 26.3. The van der Waals surface area contributed by atoms with Crippen molar-refractivity contribution in [2.75, 3.05) is 7.11 Å². The summed E-state index contributed by atoms with van der Waals surface area (Å²) in [6.45, 7) is 5.93. The van der Waals surface area contributed by atoms with Crippen molar-refractivity contribution >= 4 is 40.2 Å². The molecule has 1 saturated heterocycles. The molecule has 0 radical (unpaired) electrons. The van der Waals surface area contributed by atoms with Crippen LogP contribution in [0.5, 0.6) is 5.75 Å². The Bertz CT molecular complexity index is 1240. The van der Waals surface area contributed by atoms with Crippen LogP contribution in [-0.4, -0.2) is 47.4 Å². The van der Waals surface area contributed by atoms with Gasteiger partial charge in [0.25, 0.3) is 5.91 Å². The second-order valence-electron chi connectivity index (χ2n) is 11.0. The van der Waals surface area contributed by atoms with Gasteiger partial charge in [0.15, 0.2) is 0 Å². The van der Waals surface area contributed by atoms with Gasteiger partial charge in [0, 0.05) is 21.9 Å². The van der Waals surface area contributed by atoms with Crippen LogP contribution in [0.15, 0.2) is 18.2 Å². The van der Waals surface area contributed by atoms with Crippen LogP contribution in [0.25, 0.3) is 10.9 Å². The molecule has 0 bridgehead atoms. The number of amides is 3. The number of fused-ring (bicyclic) bond motifs is 1. The maximum Gasteiger partial charge on any atom is 0.268 e.